The van der Waals surface area contributed by atoms with Crippen LogP contribution in [0.25, 0.3) is 0 Å². The van der Waals surface area contributed by atoms with Crippen molar-refractivity contribution < 1.29 is 4.79 Å². The minimum Gasteiger partial charge on any atom is -0.354 e. The summed E-state index contributed by atoms with van der Waals surface area (Å²) >= 11 is 0. The average molecular weight is 208 g/mol. The maximum absolute atomic E-state index is 11.4. The molecular weight excluding hydrogens is 188 g/mol. The molecule has 3 heteroatoms. The molecule has 0 saturated carbocycles. The van der Waals surface area contributed by atoms with Gasteiger partial charge >= 0.3 is 0 Å². The minimum atomic E-state index is 0.0564. The third-order valence-electron chi connectivity index (χ3n) is 2.48. The first-order valence-corrected chi connectivity index (χ1v) is 5.41. The molecule has 0 saturated heterocycles. The van der Waals surface area contributed by atoms with Gasteiger partial charge in [-0.2, -0.15) is 0 Å². The van der Waals surface area contributed by atoms with E-state index < -0.39 is 0 Å². The molecule has 0 fully saturated rings. The van der Waals surface area contributed by atoms with Gasteiger partial charge in [-0.1, -0.05) is 13.8 Å². The molecule has 0 aliphatic heterocycles. The van der Waals surface area contributed by atoms with Crippen LogP contribution >= 0.6 is 0 Å². The summed E-state index contributed by atoms with van der Waals surface area (Å²) in [6, 6.07) is 4.29. The summed E-state index contributed by atoms with van der Waals surface area (Å²) in [5.41, 5.74) is 1.24. The van der Waals surface area contributed by atoms with Gasteiger partial charge in [0.2, 0.25) is 5.91 Å². The molecule has 0 spiro atoms. The Labute approximate surface area is 91.5 Å². The standard InChI is InChI=1S/C12H20N2O/c1-9(2)12(15)13-10(3)8-11-6-5-7-14(11)4/h5-7,9-10H,8H2,1-4H3,(H,13,15). The van der Waals surface area contributed by atoms with Crippen LogP contribution in [0.4, 0.5) is 0 Å². The zero-order valence-corrected chi connectivity index (χ0v) is 9.95. The molecule has 0 bridgehead atoms. The number of amides is 1. The third-order valence-corrected chi connectivity index (χ3v) is 2.48. The Morgan fingerprint density at radius 1 is 1.47 bits per heavy atom. The number of aryl methyl sites for hydroxylation is 1. The van der Waals surface area contributed by atoms with E-state index in [0.717, 1.165) is 6.42 Å². The highest BCUT2D eigenvalue weighted by molar-refractivity contribution is 5.78. The van der Waals surface area contributed by atoms with E-state index in [1.54, 1.807) is 0 Å². The fourth-order valence-electron chi connectivity index (χ4n) is 1.48. The Kier molecular flexibility index (Phi) is 3.95. The van der Waals surface area contributed by atoms with Crippen LogP contribution in [0.5, 0.6) is 0 Å². The van der Waals surface area contributed by atoms with Gasteiger partial charge in [0.05, 0.1) is 0 Å². The highest BCUT2D eigenvalue weighted by Crippen LogP contribution is 2.04. The smallest absolute Gasteiger partial charge is 0.222 e. The lowest BCUT2D eigenvalue weighted by atomic mass is 10.1. The van der Waals surface area contributed by atoms with Crippen molar-refractivity contribution in [1.29, 1.82) is 0 Å². The molecule has 84 valence electrons. The average Bonchev–Trinajstić information content (AvgIpc) is 2.51. The van der Waals surface area contributed by atoms with E-state index in [1.165, 1.54) is 5.69 Å². The van der Waals surface area contributed by atoms with Crippen molar-refractivity contribution in [1.82, 2.24) is 9.88 Å². The summed E-state index contributed by atoms with van der Waals surface area (Å²) < 4.78 is 2.08. The van der Waals surface area contributed by atoms with Crippen molar-refractivity contribution >= 4 is 5.91 Å². The van der Waals surface area contributed by atoms with Gasteiger partial charge in [-0.15, -0.1) is 0 Å². The van der Waals surface area contributed by atoms with Crippen LogP contribution in [0, 0.1) is 5.92 Å². The Morgan fingerprint density at radius 3 is 2.60 bits per heavy atom. The molecule has 0 aromatic carbocycles. The van der Waals surface area contributed by atoms with Gasteiger partial charge in [0.25, 0.3) is 0 Å². The van der Waals surface area contributed by atoms with Crippen LogP contribution in [0.3, 0.4) is 0 Å². The lowest BCUT2D eigenvalue weighted by molar-refractivity contribution is -0.124. The van der Waals surface area contributed by atoms with E-state index in [9.17, 15) is 4.79 Å². The van der Waals surface area contributed by atoms with E-state index >= 15 is 0 Å². The minimum absolute atomic E-state index is 0.0564. The van der Waals surface area contributed by atoms with Gasteiger partial charge < -0.3 is 9.88 Å². The lowest BCUT2D eigenvalue weighted by Crippen LogP contribution is -2.37. The second kappa shape index (κ2) is 5.01. The van der Waals surface area contributed by atoms with Gasteiger partial charge in [-0.25, -0.2) is 0 Å². The van der Waals surface area contributed by atoms with E-state index in [2.05, 4.69) is 16.0 Å². The first-order chi connectivity index (χ1) is 7.00. The normalized spacial score (nSPS) is 12.9. The number of hydrogen-bond donors (Lipinski definition) is 1. The SMILES string of the molecule is CC(Cc1cccn1C)NC(=O)C(C)C. The molecule has 3 nitrogen and oxygen atoms in total. The van der Waals surface area contributed by atoms with Crippen LogP contribution in [-0.2, 0) is 18.3 Å². The molecule has 15 heavy (non-hydrogen) atoms. The predicted octanol–water partition coefficient (Wildman–Crippen LogP) is 1.73. The van der Waals surface area contributed by atoms with Crippen molar-refractivity contribution in [2.24, 2.45) is 13.0 Å². The topological polar surface area (TPSA) is 34.0 Å². The zero-order chi connectivity index (χ0) is 11.4. The number of aromatic nitrogens is 1. The van der Waals surface area contributed by atoms with Crippen molar-refractivity contribution in [3.05, 3.63) is 24.0 Å². The molecule has 0 aliphatic carbocycles. The highest BCUT2D eigenvalue weighted by atomic mass is 16.1. The lowest BCUT2D eigenvalue weighted by Gasteiger charge is -2.15. The summed E-state index contributed by atoms with van der Waals surface area (Å²) in [4.78, 5) is 11.4. The molecule has 1 unspecified atom stereocenters. The second-order valence-corrected chi connectivity index (χ2v) is 4.38. The summed E-state index contributed by atoms with van der Waals surface area (Å²) in [7, 11) is 2.02. The van der Waals surface area contributed by atoms with Gasteiger partial charge in [0, 0.05) is 37.3 Å². The molecule has 1 N–H and O–H groups in total. The van der Waals surface area contributed by atoms with Gasteiger partial charge in [0.15, 0.2) is 0 Å². The highest BCUT2D eigenvalue weighted by Gasteiger charge is 2.11. The fourth-order valence-corrected chi connectivity index (χ4v) is 1.48. The zero-order valence-electron chi connectivity index (χ0n) is 9.95. The van der Waals surface area contributed by atoms with Crippen molar-refractivity contribution in [2.45, 2.75) is 33.2 Å². The third kappa shape index (κ3) is 3.42. The van der Waals surface area contributed by atoms with Crippen molar-refractivity contribution in [3.63, 3.8) is 0 Å². The maximum Gasteiger partial charge on any atom is 0.222 e. The van der Waals surface area contributed by atoms with E-state index in [0.29, 0.717) is 0 Å². The molecule has 1 atom stereocenters. The number of nitrogens with zero attached hydrogens (tertiary/aromatic N) is 1. The molecule has 1 amide bonds. The van der Waals surface area contributed by atoms with Gasteiger partial charge in [-0.3, -0.25) is 4.79 Å². The Balaban J connectivity index is 2.46. The van der Waals surface area contributed by atoms with E-state index in [1.807, 2.05) is 40.1 Å². The van der Waals surface area contributed by atoms with Gasteiger partial charge in [-0.05, 0) is 19.1 Å². The quantitative estimate of drug-likeness (QED) is 0.803. The predicted molar refractivity (Wildman–Crippen MR) is 61.6 cm³/mol. The summed E-state index contributed by atoms with van der Waals surface area (Å²) in [5.74, 6) is 0.178. The first kappa shape index (κ1) is 11.8. The molecule has 1 aromatic rings. The second-order valence-electron chi connectivity index (χ2n) is 4.38. The summed E-state index contributed by atoms with van der Waals surface area (Å²) in [6.45, 7) is 5.85. The Morgan fingerprint density at radius 2 is 2.13 bits per heavy atom. The fraction of sp³-hybridized carbons (Fsp3) is 0.583. The monoisotopic (exact) mass is 208 g/mol. The molecule has 0 aliphatic rings. The number of carbonyl (C=O) groups is 1. The number of rotatable bonds is 4. The summed E-state index contributed by atoms with van der Waals surface area (Å²) in [6.07, 6.45) is 2.90. The van der Waals surface area contributed by atoms with Crippen LogP contribution in [0.15, 0.2) is 18.3 Å². The largest absolute Gasteiger partial charge is 0.354 e. The van der Waals surface area contributed by atoms with E-state index in [4.69, 9.17) is 0 Å². The van der Waals surface area contributed by atoms with E-state index in [-0.39, 0.29) is 17.9 Å². The molecule has 0 radical (unpaired) electrons. The first-order valence-electron chi connectivity index (χ1n) is 5.41. The molecular formula is C12H20N2O. The Bertz CT molecular complexity index is 328. The Hall–Kier alpha value is -1.25. The van der Waals surface area contributed by atoms with Gasteiger partial charge in [0.1, 0.15) is 0 Å². The molecule has 1 heterocycles. The molecule has 1 rings (SSSR count). The van der Waals surface area contributed by atoms with Crippen molar-refractivity contribution in [2.75, 3.05) is 0 Å². The number of carbonyl (C=O) groups excluding carboxylic acids is 1. The van der Waals surface area contributed by atoms with Crippen LogP contribution in [0.2, 0.25) is 0 Å². The van der Waals surface area contributed by atoms with Crippen LogP contribution in [-0.4, -0.2) is 16.5 Å². The molecule has 1 aromatic heterocycles. The van der Waals surface area contributed by atoms with Crippen molar-refractivity contribution in [3.8, 4) is 0 Å². The number of hydrogen-bond acceptors (Lipinski definition) is 1. The maximum atomic E-state index is 11.4. The summed E-state index contributed by atoms with van der Waals surface area (Å²) in [5, 5.41) is 2.99. The number of nitrogens with one attached hydrogen (secondary N) is 1. The van der Waals surface area contributed by atoms with Crippen LogP contribution < -0.4 is 5.32 Å². The van der Waals surface area contributed by atoms with Crippen LogP contribution in [0.1, 0.15) is 26.5 Å².